The van der Waals surface area contributed by atoms with Gasteiger partial charge in [-0.3, -0.25) is 14.3 Å². The fraction of sp³-hybridized carbons (Fsp3) is 0.130. The monoisotopic (exact) mass is 469 g/mol. The lowest BCUT2D eigenvalue weighted by atomic mass is 10.1. The zero-order chi connectivity index (χ0) is 23.3. The third kappa shape index (κ3) is 5.58. The molecule has 0 fully saturated rings. The fourth-order valence-electron chi connectivity index (χ4n) is 3.17. The molecule has 0 bridgehead atoms. The summed E-state index contributed by atoms with van der Waals surface area (Å²) in [6.45, 7) is 0.465. The highest BCUT2D eigenvalue weighted by Crippen LogP contribution is 2.34. The lowest BCUT2D eigenvalue weighted by Crippen LogP contribution is -2.18. The predicted molar refractivity (Wildman–Crippen MR) is 120 cm³/mol. The van der Waals surface area contributed by atoms with Crippen LogP contribution in [0.15, 0.2) is 84.3 Å². The fourth-order valence-corrected chi connectivity index (χ4v) is 3.91. The van der Waals surface area contributed by atoms with Gasteiger partial charge in [-0.25, -0.2) is 0 Å². The maximum Gasteiger partial charge on any atom is 0.418 e. The van der Waals surface area contributed by atoms with E-state index >= 15 is 0 Å². The second kappa shape index (κ2) is 9.86. The van der Waals surface area contributed by atoms with E-state index in [0.717, 1.165) is 29.0 Å². The summed E-state index contributed by atoms with van der Waals surface area (Å²) in [6, 6.07) is 18.2. The minimum atomic E-state index is -4.56. The van der Waals surface area contributed by atoms with E-state index in [1.54, 1.807) is 24.5 Å². The number of aromatic nitrogens is 4. The Kier molecular flexibility index (Phi) is 6.74. The van der Waals surface area contributed by atoms with Crippen molar-refractivity contribution < 1.29 is 18.0 Å². The molecule has 0 unspecified atom stereocenters. The summed E-state index contributed by atoms with van der Waals surface area (Å²) in [5.41, 5.74) is 0.649. The van der Waals surface area contributed by atoms with Gasteiger partial charge in [0.2, 0.25) is 5.91 Å². The first-order valence-electron chi connectivity index (χ1n) is 9.88. The number of thioether (sulfide) groups is 1. The number of para-hydroxylation sites is 1. The van der Waals surface area contributed by atoms with Crippen LogP contribution in [0.3, 0.4) is 0 Å². The third-order valence-electron chi connectivity index (χ3n) is 4.68. The summed E-state index contributed by atoms with van der Waals surface area (Å²) in [6.07, 6.45) is -1.27. The SMILES string of the molecule is O=C(CSc1nnc(-c2ccncc2)n1Cc1ccccc1)Nc1ccccc1C(F)(F)F. The van der Waals surface area contributed by atoms with Crippen LogP contribution < -0.4 is 5.32 Å². The number of nitrogens with one attached hydrogen (secondary N) is 1. The molecule has 0 atom stereocenters. The topological polar surface area (TPSA) is 72.7 Å². The summed E-state index contributed by atoms with van der Waals surface area (Å²) in [5, 5.41) is 11.3. The molecule has 4 aromatic rings. The largest absolute Gasteiger partial charge is 0.418 e. The van der Waals surface area contributed by atoms with Crippen LogP contribution in [0.25, 0.3) is 11.4 Å². The Bertz CT molecular complexity index is 1230. The van der Waals surface area contributed by atoms with Crippen molar-refractivity contribution >= 4 is 23.4 Å². The van der Waals surface area contributed by atoms with Crippen molar-refractivity contribution in [2.75, 3.05) is 11.1 Å². The van der Waals surface area contributed by atoms with Crippen LogP contribution in [0, 0.1) is 0 Å². The number of hydrogen-bond acceptors (Lipinski definition) is 5. The number of pyridine rings is 1. The first-order valence-corrected chi connectivity index (χ1v) is 10.9. The lowest BCUT2D eigenvalue weighted by Gasteiger charge is -2.13. The second-order valence-corrected chi connectivity index (χ2v) is 7.94. The zero-order valence-corrected chi connectivity index (χ0v) is 18.0. The Balaban J connectivity index is 1.54. The van der Waals surface area contributed by atoms with E-state index in [1.807, 2.05) is 34.9 Å². The molecule has 0 aliphatic carbocycles. The molecule has 1 N–H and O–H groups in total. The zero-order valence-electron chi connectivity index (χ0n) is 17.2. The molecule has 0 saturated heterocycles. The van der Waals surface area contributed by atoms with Gasteiger partial charge in [0.15, 0.2) is 11.0 Å². The first kappa shape index (κ1) is 22.5. The summed E-state index contributed by atoms with van der Waals surface area (Å²) in [7, 11) is 0. The molecule has 1 amide bonds. The van der Waals surface area contributed by atoms with Crippen LogP contribution in [0.1, 0.15) is 11.1 Å². The van der Waals surface area contributed by atoms with Crippen molar-refractivity contribution in [3.8, 4) is 11.4 Å². The average Bonchev–Trinajstić information content (AvgIpc) is 3.21. The van der Waals surface area contributed by atoms with Crippen LogP contribution >= 0.6 is 11.8 Å². The maximum atomic E-state index is 13.2. The molecule has 2 heterocycles. The van der Waals surface area contributed by atoms with E-state index < -0.39 is 17.6 Å². The van der Waals surface area contributed by atoms with E-state index in [4.69, 9.17) is 0 Å². The van der Waals surface area contributed by atoms with Crippen LogP contribution in [0.4, 0.5) is 18.9 Å². The second-order valence-electron chi connectivity index (χ2n) is 6.99. The van der Waals surface area contributed by atoms with Crippen molar-refractivity contribution in [2.45, 2.75) is 17.9 Å². The van der Waals surface area contributed by atoms with Gasteiger partial charge >= 0.3 is 6.18 Å². The Morgan fingerprint density at radius 2 is 1.64 bits per heavy atom. The van der Waals surface area contributed by atoms with E-state index in [0.29, 0.717) is 17.5 Å². The average molecular weight is 469 g/mol. The molecular weight excluding hydrogens is 451 g/mol. The van der Waals surface area contributed by atoms with E-state index in [1.165, 1.54) is 18.2 Å². The van der Waals surface area contributed by atoms with Crippen LogP contribution in [-0.2, 0) is 17.5 Å². The Hall–Kier alpha value is -3.66. The molecule has 0 saturated carbocycles. The van der Waals surface area contributed by atoms with Crippen molar-refractivity contribution in [1.82, 2.24) is 19.7 Å². The van der Waals surface area contributed by atoms with E-state index in [2.05, 4.69) is 20.5 Å². The Morgan fingerprint density at radius 3 is 2.36 bits per heavy atom. The number of carbonyl (C=O) groups excluding carboxylic acids is 1. The van der Waals surface area contributed by atoms with Gasteiger partial charge in [-0.05, 0) is 29.8 Å². The molecular formula is C23H18F3N5OS. The first-order chi connectivity index (χ1) is 15.9. The minimum absolute atomic E-state index is 0.130. The summed E-state index contributed by atoms with van der Waals surface area (Å²) in [4.78, 5) is 16.5. The summed E-state index contributed by atoms with van der Waals surface area (Å²) < 4.78 is 41.4. The number of rotatable bonds is 7. The standard InChI is InChI=1S/C23H18F3N5OS/c24-23(25,26)18-8-4-5-9-19(18)28-20(32)15-33-22-30-29-21(17-10-12-27-13-11-17)31(22)14-16-6-2-1-3-7-16/h1-13H,14-15H2,(H,28,32). The molecule has 10 heteroatoms. The van der Waals surface area contributed by atoms with Crippen LogP contribution in [0.5, 0.6) is 0 Å². The molecule has 4 rings (SSSR count). The smallest absolute Gasteiger partial charge is 0.325 e. The number of amides is 1. The van der Waals surface area contributed by atoms with Crippen molar-refractivity contribution in [3.63, 3.8) is 0 Å². The molecule has 0 spiro atoms. The number of halogens is 3. The number of alkyl halides is 3. The van der Waals surface area contributed by atoms with Crippen molar-refractivity contribution in [2.24, 2.45) is 0 Å². The number of hydrogen-bond donors (Lipinski definition) is 1. The van der Waals surface area contributed by atoms with Gasteiger partial charge in [-0.15, -0.1) is 10.2 Å². The highest BCUT2D eigenvalue weighted by atomic mass is 32.2. The Morgan fingerprint density at radius 1 is 0.939 bits per heavy atom. The number of nitrogens with zero attached hydrogens (tertiary/aromatic N) is 4. The molecule has 33 heavy (non-hydrogen) atoms. The van der Waals surface area contributed by atoms with Gasteiger partial charge in [0, 0.05) is 18.0 Å². The molecule has 0 aliphatic rings. The molecule has 2 aromatic heterocycles. The van der Waals surface area contributed by atoms with Gasteiger partial charge < -0.3 is 5.32 Å². The van der Waals surface area contributed by atoms with E-state index in [9.17, 15) is 18.0 Å². The summed E-state index contributed by atoms with van der Waals surface area (Å²) in [5.74, 6) is -0.0989. The third-order valence-corrected chi connectivity index (χ3v) is 5.64. The normalized spacial score (nSPS) is 11.4. The predicted octanol–water partition coefficient (Wildman–Crippen LogP) is 5.14. The Labute approximate surface area is 191 Å². The van der Waals surface area contributed by atoms with E-state index in [-0.39, 0.29) is 11.4 Å². The van der Waals surface area contributed by atoms with Crippen molar-refractivity contribution in [1.29, 1.82) is 0 Å². The van der Waals surface area contributed by atoms with Crippen molar-refractivity contribution in [3.05, 3.63) is 90.3 Å². The minimum Gasteiger partial charge on any atom is -0.325 e. The highest BCUT2D eigenvalue weighted by molar-refractivity contribution is 7.99. The molecule has 0 radical (unpaired) electrons. The number of anilines is 1. The molecule has 2 aromatic carbocycles. The number of benzene rings is 2. The highest BCUT2D eigenvalue weighted by Gasteiger charge is 2.33. The quantitative estimate of drug-likeness (QED) is 0.380. The molecule has 6 nitrogen and oxygen atoms in total. The van der Waals surface area contributed by atoms with Gasteiger partial charge in [0.1, 0.15) is 0 Å². The van der Waals surface area contributed by atoms with Gasteiger partial charge in [-0.2, -0.15) is 13.2 Å². The van der Waals surface area contributed by atoms with Crippen LogP contribution in [0.2, 0.25) is 0 Å². The van der Waals surface area contributed by atoms with Gasteiger partial charge in [0.25, 0.3) is 0 Å². The van der Waals surface area contributed by atoms with Gasteiger partial charge in [0.05, 0.1) is 23.5 Å². The molecule has 168 valence electrons. The molecule has 0 aliphatic heterocycles. The number of carbonyl (C=O) groups is 1. The maximum absolute atomic E-state index is 13.2. The van der Waals surface area contributed by atoms with Crippen LogP contribution in [-0.4, -0.2) is 31.4 Å². The van der Waals surface area contributed by atoms with Gasteiger partial charge in [-0.1, -0.05) is 54.2 Å². The summed E-state index contributed by atoms with van der Waals surface area (Å²) >= 11 is 1.10. The lowest BCUT2D eigenvalue weighted by molar-refractivity contribution is -0.137.